The van der Waals surface area contributed by atoms with Crippen LogP contribution in [0.1, 0.15) is 15.9 Å². The van der Waals surface area contributed by atoms with Crippen molar-refractivity contribution in [3.63, 3.8) is 0 Å². The quantitative estimate of drug-likeness (QED) is 0.670. The lowest BCUT2D eigenvalue weighted by Crippen LogP contribution is -2.13. The Hall–Kier alpha value is -2.44. The number of nitrogens with zero attached hydrogens (tertiary/aromatic N) is 1. The number of carbonyl (C=O) groups is 1. The Morgan fingerprint density at radius 2 is 1.90 bits per heavy atom. The van der Waals surface area contributed by atoms with Crippen LogP contribution in [-0.2, 0) is 6.54 Å². The van der Waals surface area contributed by atoms with Crippen LogP contribution in [0.2, 0.25) is 5.02 Å². The molecule has 0 aliphatic carbocycles. The molecule has 0 atom stereocenters. The Kier molecular flexibility index (Phi) is 4.52. The zero-order valence-corrected chi connectivity index (χ0v) is 11.6. The number of anilines is 1. The number of rotatable bonds is 4. The molecule has 6 nitrogen and oxygen atoms in total. The van der Waals surface area contributed by atoms with E-state index >= 15 is 0 Å². The van der Waals surface area contributed by atoms with Crippen LogP contribution < -0.4 is 11.1 Å². The number of hydrogen-bond donors (Lipinski definition) is 2. The van der Waals surface area contributed by atoms with Crippen molar-refractivity contribution in [3.8, 4) is 0 Å². The van der Waals surface area contributed by atoms with E-state index in [4.69, 9.17) is 17.3 Å². The molecule has 0 unspecified atom stereocenters. The van der Waals surface area contributed by atoms with Gasteiger partial charge in [0.25, 0.3) is 11.6 Å². The second kappa shape index (κ2) is 6.34. The molecule has 0 bridgehead atoms. The first kappa shape index (κ1) is 15.0. The van der Waals surface area contributed by atoms with Crippen LogP contribution in [0.15, 0.2) is 42.5 Å². The minimum absolute atomic E-state index is 0.0559. The van der Waals surface area contributed by atoms with Gasteiger partial charge in [0.1, 0.15) is 5.69 Å². The van der Waals surface area contributed by atoms with Gasteiger partial charge in [0.2, 0.25) is 0 Å². The Morgan fingerprint density at radius 1 is 1.24 bits per heavy atom. The van der Waals surface area contributed by atoms with Crippen LogP contribution in [0, 0.1) is 10.1 Å². The molecule has 2 aromatic rings. The van der Waals surface area contributed by atoms with Crippen LogP contribution in [0.25, 0.3) is 0 Å². The van der Waals surface area contributed by atoms with Crippen molar-refractivity contribution in [1.82, 2.24) is 0 Å². The number of nitrogens with two attached hydrogens (primary N) is 1. The van der Waals surface area contributed by atoms with E-state index < -0.39 is 10.8 Å². The molecule has 21 heavy (non-hydrogen) atoms. The van der Waals surface area contributed by atoms with Crippen LogP contribution in [0.5, 0.6) is 0 Å². The van der Waals surface area contributed by atoms with E-state index in [1.165, 1.54) is 18.2 Å². The van der Waals surface area contributed by atoms with Gasteiger partial charge in [-0.15, -0.1) is 0 Å². The Balaban J connectivity index is 2.26. The van der Waals surface area contributed by atoms with Crippen molar-refractivity contribution in [2.45, 2.75) is 6.54 Å². The van der Waals surface area contributed by atoms with E-state index in [1.807, 2.05) is 0 Å². The van der Waals surface area contributed by atoms with Gasteiger partial charge in [0.05, 0.1) is 4.92 Å². The number of amides is 1. The maximum absolute atomic E-state index is 12.1. The predicted octanol–water partition coefficient (Wildman–Crippen LogP) is 2.96. The molecule has 0 aliphatic heterocycles. The SMILES string of the molecule is NCc1ccc(C(=O)Nc2cc(Cl)ccc2[N+](=O)[O-])cc1. The summed E-state index contributed by atoms with van der Waals surface area (Å²) < 4.78 is 0. The van der Waals surface area contributed by atoms with Gasteiger partial charge < -0.3 is 11.1 Å². The van der Waals surface area contributed by atoms with Gasteiger partial charge in [0.15, 0.2) is 0 Å². The van der Waals surface area contributed by atoms with E-state index in [2.05, 4.69) is 5.32 Å². The van der Waals surface area contributed by atoms with Crippen molar-refractivity contribution in [2.24, 2.45) is 5.73 Å². The van der Waals surface area contributed by atoms with Gasteiger partial charge >= 0.3 is 0 Å². The molecule has 2 aromatic carbocycles. The van der Waals surface area contributed by atoms with Gasteiger partial charge in [0, 0.05) is 23.2 Å². The largest absolute Gasteiger partial charge is 0.326 e. The summed E-state index contributed by atoms with van der Waals surface area (Å²) in [5.41, 5.74) is 6.58. The van der Waals surface area contributed by atoms with E-state index in [9.17, 15) is 14.9 Å². The summed E-state index contributed by atoms with van der Waals surface area (Å²) in [4.78, 5) is 22.4. The highest BCUT2D eigenvalue weighted by atomic mass is 35.5. The zero-order valence-electron chi connectivity index (χ0n) is 10.9. The molecule has 2 rings (SSSR count). The lowest BCUT2D eigenvalue weighted by atomic mass is 10.1. The predicted molar refractivity (Wildman–Crippen MR) is 80.4 cm³/mol. The third-order valence-electron chi connectivity index (χ3n) is 2.86. The fourth-order valence-electron chi connectivity index (χ4n) is 1.75. The van der Waals surface area contributed by atoms with Crippen molar-refractivity contribution in [1.29, 1.82) is 0 Å². The van der Waals surface area contributed by atoms with Crippen molar-refractivity contribution in [3.05, 3.63) is 68.7 Å². The fraction of sp³-hybridized carbons (Fsp3) is 0.0714. The first-order chi connectivity index (χ1) is 10.0. The molecule has 0 saturated carbocycles. The molecule has 0 spiro atoms. The normalized spacial score (nSPS) is 10.2. The number of benzene rings is 2. The molecule has 0 aromatic heterocycles. The number of halogens is 1. The third kappa shape index (κ3) is 3.56. The average Bonchev–Trinajstić information content (AvgIpc) is 2.47. The fourth-order valence-corrected chi connectivity index (χ4v) is 1.93. The smallest absolute Gasteiger partial charge is 0.292 e. The first-order valence-electron chi connectivity index (χ1n) is 6.05. The van der Waals surface area contributed by atoms with E-state index in [1.54, 1.807) is 24.3 Å². The van der Waals surface area contributed by atoms with Crippen LogP contribution >= 0.6 is 11.6 Å². The van der Waals surface area contributed by atoms with Gasteiger partial charge in [-0.25, -0.2) is 0 Å². The average molecular weight is 306 g/mol. The van der Waals surface area contributed by atoms with Gasteiger partial charge in [-0.1, -0.05) is 23.7 Å². The van der Waals surface area contributed by atoms with Crippen LogP contribution in [0.4, 0.5) is 11.4 Å². The standard InChI is InChI=1S/C14H12ClN3O3/c15-11-5-6-13(18(20)21)12(7-11)17-14(19)10-3-1-9(8-16)2-4-10/h1-7H,8,16H2,(H,17,19). The number of nitrogens with one attached hydrogen (secondary N) is 1. The number of nitro groups is 1. The maximum atomic E-state index is 12.1. The maximum Gasteiger partial charge on any atom is 0.292 e. The van der Waals surface area contributed by atoms with Gasteiger partial charge in [-0.2, -0.15) is 0 Å². The number of nitro benzene ring substituents is 1. The van der Waals surface area contributed by atoms with E-state index in [0.29, 0.717) is 17.1 Å². The molecular weight excluding hydrogens is 294 g/mol. The number of carbonyl (C=O) groups excluding carboxylic acids is 1. The minimum Gasteiger partial charge on any atom is -0.326 e. The molecule has 1 amide bonds. The summed E-state index contributed by atoms with van der Waals surface area (Å²) in [6, 6.07) is 10.6. The van der Waals surface area contributed by atoms with Gasteiger partial charge in [-0.3, -0.25) is 14.9 Å². The topological polar surface area (TPSA) is 98.3 Å². The molecule has 0 fully saturated rings. The highest BCUT2D eigenvalue weighted by Crippen LogP contribution is 2.28. The minimum atomic E-state index is -0.580. The molecule has 0 aliphatic rings. The lowest BCUT2D eigenvalue weighted by molar-refractivity contribution is -0.383. The highest BCUT2D eigenvalue weighted by molar-refractivity contribution is 6.31. The monoisotopic (exact) mass is 305 g/mol. The van der Waals surface area contributed by atoms with E-state index in [0.717, 1.165) is 5.56 Å². The highest BCUT2D eigenvalue weighted by Gasteiger charge is 2.17. The molecule has 108 valence electrons. The molecule has 7 heteroatoms. The number of hydrogen-bond acceptors (Lipinski definition) is 4. The third-order valence-corrected chi connectivity index (χ3v) is 3.09. The lowest BCUT2D eigenvalue weighted by Gasteiger charge is -2.07. The Labute approximate surface area is 125 Å². The summed E-state index contributed by atoms with van der Waals surface area (Å²) in [5, 5.41) is 13.7. The molecule has 0 radical (unpaired) electrons. The second-order valence-electron chi connectivity index (χ2n) is 4.27. The summed E-state index contributed by atoms with van der Waals surface area (Å²) in [6.45, 7) is 0.377. The molecule has 0 saturated heterocycles. The summed E-state index contributed by atoms with van der Waals surface area (Å²) >= 11 is 5.80. The summed E-state index contributed by atoms with van der Waals surface area (Å²) in [7, 11) is 0. The zero-order chi connectivity index (χ0) is 15.4. The van der Waals surface area contributed by atoms with E-state index in [-0.39, 0.29) is 11.4 Å². The van der Waals surface area contributed by atoms with Gasteiger partial charge in [-0.05, 0) is 29.8 Å². The molecular formula is C14H12ClN3O3. The Morgan fingerprint density at radius 3 is 2.48 bits per heavy atom. The first-order valence-corrected chi connectivity index (χ1v) is 6.43. The summed E-state index contributed by atoms with van der Waals surface area (Å²) in [5.74, 6) is -0.455. The van der Waals surface area contributed by atoms with Crippen molar-refractivity contribution < 1.29 is 9.72 Å². The summed E-state index contributed by atoms with van der Waals surface area (Å²) in [6.07, 6.45) is 0. The molecule has 0 heterocycles. The van der Waals surface area contributed by atoms with Crippen molar-refractivity contribution in [2.75, 3.05) is 5.32 Å². The Bertz CT molecular complexity index is 686. The van der Waals surface area contributed by atoms with Crippen LogP contribution in [0.3, 0.4) is 0 Å². The van der Waals surface area contributed by atoms with Crippen LogP contribution in [-0.4, -0.2) is 10.8 Å². The van der Waals surface area contributed by atoms with Crippen molar-refractivity contribution >= 4 is 28.9 Å². The second-order valence-corrected chi connectivity index (χ2v) is 4.71. The molecule has 3 N–H and O–H groups in total.